The lowest BCUT2D eigenvalue weighted by Gasteiger charge is -2.25. The van der Waals surface area contributed by atoms with E-state index >= 15 is 4.39 Å². The Balaban J connectivity index is 1.38. The van der Waals surface area contributed by atoms with Crippen molar-refractivity contribution >= 4 is 54.6 Å². The van der Waals surface area contributed by atoms with Gasteiger partial charge < -0.3 is 29.3 Å². The van der Waals surface area contributed by atoms with Crippen molar-refractivity contribution in [2.24, 2.45) is 0 Å². The van der Waals surface area contributed by atoms with Crippen LogP contribution in [-0.2, 0) is 52.4 Å². The van der Waals surface area contributed by atoms with Crippen LogP contribution in [0, 0.1) is 0 Å². The summed E-state index contributed by atoms with van der Waals surface area (Å²) in [5, 5.41) is 0. The number of aromatic nitrogens is 8. The molecule has 214 valence electrons. The molecule has 0 spiro atoms. The van der Waals surface area contributed by atoms with Crippen molar-refractivity contribution in [1.29, 1.82) is 0 Å². The summed E-state index contributed by atoms with van der Waals surface area (Å²) in [5.74, 6) is -0.0506. The number of nitrogens with two attached hydrogens (primary N) is 1. The number of nitrogen functional groups attached to an aromatic ring is 1. The van der Waals surface area contributed by atoms with E-state index in [1.54, 1.807) is 0 Å². The summed E-state index contributed by atoms with van der Waals surface area (Å²) in [4.78, 5) is 56.1. The third-order valence-electron chi connectivity index (χ3n) is 6.06. The number of nitrogens with zero attached hydrogens (tertiary/aromatic N) is 7. The molecule has 22 heteroatoms. The molecule has 2 bridgehead atoms. The monoisotopic (exact) mass is 619 g/mol. The zero-order valence-electron chi connectivity index (χ0n) is 20.0. The number of halogens is 1. The van der Waals surface area contributed by atoms with E-state index < -0.39 is 57.9 Å². The lowest BCUT2D eigenvalue weighted by atomic mass is 10.1. The van der Waals surface area contributed by atoms with Crippen LogP contribution in [-0.4, -0.2) is 80.4 Å². The summed E-state index contributed by atoms with van der Waals surface area (Å²) in [5.41, 5.74) is 5.50. The highest BCUT2D eigenvalue weighted by molar-refractivity contribution is 8.07. The topological polar surface area (TPSA) is 237 Å². The fraction of sp³-hybridized carbons (Fsp3) is 0.444. The predicted octanol–water partition coefficient (Wildman–Crippen LogP) is 0.0430. The molecule has 18 nitrogen and oxygen atoms in total. The number of hydrogen-bond acceptors (Lipinski definition) is 14. The number of anilines is 1. The Morgan fingerprint density at radius 2 is 2.02 bits per heavy atom. The minimum absolute atomic E-state index is 0.0192. The quantitative estimate of drug-likeness (QED) is 0.206. The first kappa shape index (κ1) is 27.4. The maximum Gasteiger partial charge on any atom is 0.472 e. The Morgan fingerprint density at radius 3 is 2.85 bits per heavy atom. The van der Waals surface area contributed by atoms with Gasteiger partial charge in [-0.25, -0.2) is 28.9 Å². The highest BCUT2D eigenvalue weighted by Crippen LogP contribution is 2.52. The Kier molecular flexibility index (Phi) is 7.02. The fourth-order valence-electron chi connectivity index (χ4n) is 4.34. The number of phosphoric ester groups is 1. The molecular formula is C18H20FN9O9P2S. The van der Waals surface area contributed by atoms with Gasteiger partial charge in [0.05, 0.1) is 25.7 Å². The maximum atomic E-state index is 15.7. The van der Waals surface area contributed by atoms with E-state index in [1.165, 1.54) is 17.1 Å². The molecule has 4 aromatic rings. The molecule has 0 saturated carbocycles. The first-order valence-corrected chi connectivity index (χ1v) is 15.5. The SMILES string of the molecule is Nc1nc2c(ncn2[C@H]2O[C@@H]3COP(=O)(O)OCCn4c(nc5cncnc54)COP(O)(=S)O[C@@H]2[C@H]3F)c(=O)[nH]1. The van der Waals surface area contributed by atoms with Gasteiger partial charge in [0.1, 0.15) is 36.5 Å². The third-order valence-corrected chi connectivity index (χ3v) is 8.59. The molecule has 0 radical (unpaired) electrons. The molecule has 40 heavy (non-hydrogen) atoms. The van der Waals surface area contributed by atoms with Crippen LogP contribution >= 0.6 is 14.5 Å². The molecule has 6 atom stereocenters. The lowest BCUT2D eigenvalue weighted by molar-refractivity contribution is -0.0484. The van der Waals surface area contributed by atoms with Crippen molar-refractivity contribution in [1.82, 2.24) is 39.0 Å². The van der Waals surface area contributed by atoms with Gasteiger partial charge in [0.2, 0.25) is 5.95 Å². The molecule has 2 aliphatic rings. The van der Waals surface area contributed by atoms with Gasteiger partial charge in [0.25, 0.3) is 5.56 Å². The van der Waals surface area contributed by atoms with Crippen LogP contribution in [0.15, 0.2) is 23.6 Å². The summed E-state index contributed by atoms with van der Waals surface area (Å²) in [6.45, 7) is -5.71. The molecule has 2 aliphatic heterocycles. The average molecular weight is 619 g/mol. The first-order chi connectivity index (χ1) is 19.0. The van der Waals surface area contributed by atoms with Crippen LogP contribution in [0.25, 0.3) is 22.3 Å². The minimum atomic E-state index is -4.69. The van der Waals surface area contributed by atoms with Crippen molar-refractivity contribution in [3.05, 3.63) is 35.0 Å². The minimum Gasteiger partial charge on any atom is -0.369 e. The van der Waals surface area contributed by atoms with Gasteiger partial charge in [0, 0.05) is 6.54 Å². The number of H-pyrrole nitrogens is 1. The van der Waals surface area contributed by atoms with E-state index in [9.17, 15) is 19.1 Å². The summed E-state index contributed by atoms with van der Waals surface area (Å²) in [6, 6.07) is 0. The second-order valence-corrected chi connectivity index (χ2v) is 12.8. The number of imidazole rings is 2. The van der Waals surface area contributed by atoms with Gasteiger partial charge >= 0.3 is 14.5 Å². The number of fused-ring (bicyclic) bond motifs is 6. The zero-order chi connectivity index (χ0) is 28.2. The molecule has 1 saturated heterocycles. The number of phosphoric acid groups is 1. The second-order valence-electron chi connectivity index (χ2n) is 8.61. The Bertz CT molecular complexity index is 1750. The summed E-state index contributed by atoms with van der Waals surface area (Å²) < 4.78 is 57.8. The van der Waals surface area contributed by atoms with E-state index in [0.29, 0.717) is 11.2 Å². The van der Waals surface area contributed by atoms with Crippen molar-refractivity contribution in [3.8, 4) is 0 Å². The lowest BCUT2D eigenvalue weighted by Crippen LogP contribution is -2.32. The van der Waals surface area contributed by atoms with Crippen LogP contribution in [0.4, 0.5) is 10.3 Å². The smallest absolute Gasteiger partial charge is 0.369 e. The largest absolute Gasteiger partial charge is 0.472 e. The molecule has 2 unspecified atom stereocenters. The number of alkyl halides is 1. The summed E-state index contributed by atoms with van der Waals surface area (Å²) >= 11 is 5.17. The molecule has 1 fully saturated rings. The Hall–Kier alpha value is -2.77. The van der Waals surface area contributed by atoms with Crippen molar-refractivity contribution in [3.63, 3.8) is 0 Å². The van der Waals surface area contributed by atoms with Crippen LogP contribution in [0.3, 0.4) is 0 Å². The van der Waals surface area contributed by atoms with Crippen molar-refractivity contribution in [2.45, 2.75) is 37.8 Å². The Morgan fingerprint density at radius 1 is 1.20 bits per heavy atom. The number of aromatic amines is 1. The number of nitrogens with one attached hydrogen (secondary N) is 1. The van der Waals surface area contributed by atoms with Crippen molar-refractivity contribution in [2.75, 3.05) is 18.9 Å². The highest BCUT2D eigenvalue weighted by atomic mass is 32.5. The first-order valence-electron chi connectivity index (χ1n) is 11.5. The van der Waals surface area contributed by atoms with Gasteiger partial charge in [0.15, 0.2) is 29.2 Å². The van der Waals surface area contributed by atoms with Crippen molar-refractivity contribution < 1.29 is 41.6 Å². The number of ether oxygens (including phenoxy) is 1. The molecule has 0 aliphatic carbocycles. The molecule has 4 aromatic heterocycles. The summed E-state index contributed by atoms with van der Waals surface area (Å²) in [6.07, 6.45) is -2.85. The van der Waals surface area contributed by atoms with Gasteiger partial charge in [-0.3, -0.25) is 27.9 Å². The number of hydrogen-bond donors (Lipinski definition) is 4. The molecule has 5 N–H and O–H groups in total. The fourth-order valence-corrected chi connectivity index (χ4v) is 6.39. The molecule has 0 amide bonds. The van der Waals surface area contributed by atoms with Crippen LogP contribution in [0.5, 0.6) is 0 Å². The van der Waals surface area contributed by atoms with E-state index in [1.807, 2.05) is 0 Å². The average Bonchev–Trinajstić information content (AvgIpc) is 3.55. The van der Waals surface area contributed by atoms with E-state index in [2.05, 4.69) is 29.9 Å². The molecule has 0 aromatic carbocycles. The molecule has 6 rings (SSSR count). The van der Waals surface area contributed by atoms with Gasteiger partial charge in [-0.05, 0) is 11.8 Å². The van der Waals surface area contributed by atoms with Crippen LogP contribution in [0.1, 0.15) is 12.1 Å². The van der Waals surface area contributed by atoms with Crippen LogP contribution in [0.2, 0.25) is 0 Å². The van der Waals surface area contributed by atoms with Gasteiger partial charge in [-0.15, -0.1) is 0 Å². The van der Waals surface area contributed by atoms with Gasteiger partial charge in [-0.2, -0.15) is 4.98 Å². The zero-order valence-corrected chi connectivity index (χ0v) is 22.6. The molecular weight excluding hydrogens is 599 g/mol. The summed E-state index contributed by atoms with van der Waals surface area (Å²) in [7, 11) is -4.69. The number of rotatable bonds is 1. The van der Waals surface area contributed by atoms with E-state index in [-0.39, 0.29) is 36.1 Å². The Labute approximate surface area is 227 Å². The third kappa shape index (κ3) is 5.18. The van der Waals surface area contributed by atoms with E-state index in [0.717, 1.165) is 10.9 Å². The molecule has 6 heterocycles. The highest BCUT2D eigenvalue weighted by Gasteiger charge is 2.50. The van der Waals surface area contributed by atoms with Crippen LogP contribution < -0.4 is 11.3 Å². The predicted molar refractivity (Wildman–Crippen MR) is 135 cm³/mol. The van der Waals surface area contributed by atoms with Gasteiger partial charge in [-0.1, -0.05) is 0 Å². The van der Waals surface area contributed by atoms with E-state index in [4.69, 9.17) is 40.4 Å². The standard InChI is InChI=1S/C18H20FN9O9P2S/c19-11-9-4-34-38(30,31)33-2-1-27-10(24-8-3-21-6-22-14(8)27)5-35-39(32,40)37-13(11)17(36-9)28-7-23-12-15(28)25-18(20)26-16(12)29/h3,6-7,9,11,13,17H,1-2,4-5H2,(H,30,31)(H,32,40)(H3,20,25,26,29)/t9-,11+,13-,17+,39?/m1/s1. The normalized spacial score (nSPS) is 32.1. The second kappa shape index (κ2) is 10.3. The maximum absolute atomic E-state index is 15.7.